The van der Waals surface area contributed by atoms with Crippen LogP contribution in [0.25, 0.3) is 0 Å². The van der Waals surface area contributed by atoms with E-state index in [1.807, 2.05) is 13.8 Å². The zero-order valence-corrected chi connectivity index (χ0v) is 13.0. The number of carbonyl (C=O) groups is 2. The van der Waals surface area contributed by atoms with Crippen molar-refractivity contribution in [2.45, 2.75) is 40.2 Å². The molecule has 1 aromatic heterocycles. The number of aryl methyl sites for hydroxylation is 2. The van der Waals surface area contributed by atoms with Gasteiger partial charge >= 0.3 is 12.0 Å². The highest BCUT2D eigenvalue weighted by atomic mass is 16.4. The summed E-state index contributed by atoms with van der Waals surface area (Å²) in [5, 5.41) is 11.5. The highest BCUT2D eigenvalue weighted by Crippen LogP contribution is 2.11. The van der Waals surface area contributed by atoms with Crippen LogP contribution in [0.4, 0.5) is 4.79 Å². The third-order valence-electron chi connectivity index (χ3n) is 3.12. The Morgan fingerprint density at radius 1 is 1.48 bits per heavy atom. The van der Waals surface area contributed by atoms with Crippen molar-refractivity contribution >= 4 is 12.0 Å². The molecule has 0 aliphatic rings. The number of amides is 2. The Morgan fingerprint density at radius 3 is 2.71 bits per heavy atom. The highest BCUT2D eigenvalue weighted by molar-refractivity contribution is 5.75. The van der Waals surface area contributed by atoms with E-state index in [2.05, 4.69) is 10.3 Å². The number of hydrogen-bond acceptors (Lipinski definition) is 4. The van der Waals surface area contributed by atoms with Crippen LogP contribution >= 0.6 is 0 Å². The summed E-state index contributed by atoms with van der Waals surface area (Å²) in [6, 6.07) is -0.337. The van der Waals surface area contributed by atoms with Crippen molar-refractivity contribution in [3.8, 4) is 0 Å². The largest absolute Gasteiger partial charge is 0.481 e. The molecule has 0 radical (unpaired) electrons. The molecule has 0 aliphatic carbocycles. The Morgan fingerprint density at radius 2 is 2.14 bits per heavy atom. The molecule has 1 unspecified atom stereocenters. The molecule has 0 saturated carbocycles. The Balaban J connectivity index is 2.50. The number of oxazole rings is 1. The van der Waals surface area contributed by atoms with Crippen molar-refractivity contribution in [2.24, 2.45) is 5.92 Å². The van der Waals surface area contributed by atoms with Gasteiger partial charge < -0.3 is 19.7 Å². The number of rotatable bonds is 7. The summed E-state index contributed by atoms with van der Waals surface area (Å²) in [7, 11) is 1.56. The Labute approximate surface area is 124 Å². The second-order valence-corrected chi connectivity index (χ2v) is 5.14. The fourth-order valence-corrected chi connectivity index (χ4v) is 1.84. The van der Waals surface area contributed by atoms with Crippen molar-refractivity contribution in [3.63, 3.8) is 0 Å². The van der Waals surface area contributed by atoms with Gasteiger partial charge in [-0.1, -0.05) is 13.8 Å². The zero-order chi connectivity index (χ0) is 16.0. The molecular weight excluding hydrogens is 274 g/mol. The Hall–Kier alpha value is -2.05. The van der Waals surface area contributed by atoms with Crippen molar-refractivity contribution in [1.29, 1.82) is 0 Å². The molecule has 0 aromatic carbocycles. The number of hydrogen-bond donors (Lipinski definition) is 2. The first-order valence-electron chi connectivity index (χ1n) is 7.02. The predicted molar refractivity (Wildman–Crippen MR) is 76.9 cm³/mol. The maximum absolute atomic E-state index is 11.9. The monoisotopic (exact) mass is 297 g/mol. The molecule has 2 amide bonds. The normalized spacial score (nSPS) is 12.0. The van der Waals surface area contributed by atoms with E-state index in [-0.39, 0.29) is 19.1 Å². The molecule has 0 bridgehead atoms. The summed E-state index contributed by atoms with van der Waals surface area (Å²) >= 11 is 0. The molecule has 7 heteroatoms. The summed E-state index contributed by atoms with van der Waals surface area (Å²) in [6.07, 6.45) is 1.71. The van der Waals surface area contributed by atoms with Crippen LogP contribution in [-0.2, 0) is 17.8 Å². The van der Waals surface area contributed by atoms with E-state index < -0.39 is 11.9 Å². The molecule has 21 heavy (non-hydrogen) atoms. The molecule has 1 heterocycles. The molecule has 118 valence electrons. The number of carboxylic acid groups (broad SMARTS) is 1. The van der Waals surface area contributed by atoms with Crippen LogP contribution in [0.15, 0.2) is 4.42 Å². The fourth-order valence-electron chi connectivity index (χ4n) is 1.84. The van der Waals surface area contributed by atoms with Gasteiger partial charge in [0.2, 0.25) is 0 Å². The van der Waals surface area contributed by atoms with E-state index in [9.17, 15) is 9.59 Å². The first-order chi connectivity index (χ1) is 9.85. The molecule has 2 N–H and O–H groups in total. The smallest absolute Gasteiger partial charge is 0.317 e. The number of aliphatic carboxylic acids is 1. The molecule has 0 spiro atoms. The Kier molecular flexibility index (Phi) is 6.20. The first-order valence-corrected chi connectivity index (χ1v) is 7.02. The van der Waals surface area contributed by atoms with Crippen LogP contribution < -0.4 is 5.32 Å². The lowest BCUT2D eigenvalue weighted by Gasteiger charge is -2.19. The average molecular weight is 297 g/mol. The van der Waals surface area contributed by atoms with Crippen molar-refractivity contribution in [1.82, 2.24) is 15.2 Å². The van der Waals surface area contributed by atoms with Gasteiger partial charge in [0.15, 0.2) is 5.89 Å². The molecule has 0 saturated heterocycles. The number of urea groups is 1. The van der Waals surface area contributed by atoms with E-state index in [0.29, 0.717) is 11.7 Å². The van der Waals surface area contributed by atoms with Gasteiger partial charge in [-0.3, -0.25) is 4.79 Å². The minimum Gasteiger partial charge on any atom is -0.481 e. The fraction of sp³-hybridized carbons (Fsp3) is 0.643. The minimum absolute atomic E-state index is 0.150. The summed E-state index contributed by atoms with van der Waals surface area (Å²) < 4.78 is 5.57. The molecule has 7 nitrogen and oxygen atoms in total. The van der Waals surface area contributed by atoms with E-state index in [0.717, 1.165) is 18.5 Å². The van der Waals surface area contributed by atoms with Crippen molar-refractivity contribution < 1.29 is 19.1 Å². The standard InChI is InChI=1S/C14H23N3O4/c1-5-6-12-16-10(3)11(21-12)7-15-14(20)17(4)8-9(2)13(18)19/h9H,5-8H2,1-4H3,(H,15,20)(H,18,19). The minimum atomic E-state index is -0.926. The van der Waals surface area contributed by atoms with Crippen LogP contribution in [0.3, 0.4) is 0 Å². The number of carbonyl (C=O) groups excluding carboxylic acids is 1. The molecule has 1 aromatic rings. The van der Waals surface area contributed by atoms with Gasteiger partial charge in [-0.05, 0) is 13.3 Å². The topological polar surface area (TPSA) is 95.7 Å². The maximum atomic E-state index is 11.9. The third-order valence-corrected chi connectivity index (χ3v) is 3.12. The van der Waals surface area contributed by atoms with Crippen LogP contribution in [0.1, 0.15) is 37.6 Å². The van der Waals surface area contributed by atoms with Gasteiger partial charge in [-0.2, -0.15) is 0 Å². The molecular formula is C14H23N3O4. The predicted octanol–water partition coefficient (Wildman–Crippen LogP) is 1.80. The number of nitrogens with one attached hydrogen (secondary N) is 1. The SMILES string of the molecule is CCCc1nc(C)c(CNC(=O)N(C)CC(C)C(=O)O)o1. The van der Waals surface area contributed by atoms with Crippen molar-refractivity contribution in [3.05, 3.63) is 17.3 Å². The van der Waals surface area contributed by atoms with Gasteiger partial charge in [0.1, 0.15) is 5.76 Å². The van der Waals surface area contributed by atoms with E-state index >= 15 is 0 Å². The van der Waals surface area contributed by atoms with Crippen molar-refractivity contribution in [2.75, 3.05) is 13.6 Å². The van der Waals surface area contributed by atoms with Gasteiger partial charge in [0, 0.05) is 20.0 Å². The second-order valence-electron chi connectivity index (χ2n) is 5.14. The average Bonchev–Trinajstić information content (AvgIpc) is 2.76. The summed E-state index contributed by atoms with van der Waals surface area (Å²) in [4.78, 5) is 28.3. The van der Waals surface area contributed by atoms with E-state index in [1.165, 1.54) is 4.90 Å². The summed E-state index contributed by atoms with van der Waals surface area (Å²) in [5.74, 6) is -0.229. The number of carboxylic acids is 1. The molecule has 1 atom stereocenters. The zero-order valence-electron chi connectivity index (χ0n) is 13.0. The van der Waals surface area contributed by atoms with Crippen LogP contribution in [0.2, 0.25) is 0 Å². The van der Waals surface area contributed by atoms with Gasteiger partial charge in [-0.25, -0.2) is 9.78 Å². The molecule has 1 rings (SSSR count). The lowest BCUT2D eigenvalue weighted by Crippen LogP contribution is -2.40. The van der Waals surface area contributed by atoms with E-state index in [1.54, 1.807) is 14.0 Å². The lowest BCUT2D eigenvalue weighted by molar-refractivity contribution is -0.141. The second kappa shape index (κ2) is 7.66. The van der Waals surface area contributed by atoms with Gasteiger partial charge in [0.25, 0.3) is 0 Å². The number of nitrogens with zero attached hydrogens (tertiary/aromatic N) is 2. The van der Waals surface area contributed by atoms with E-state index in [4.69, 9.17) is 9.52 Å². The molecule has 0 aliphatic heterocycles. The van der Waals surface area contributed by atoms with Crippen LogP contribution in [0.5, 0.6) is 0 Å². The number of aromatic nitrogens is 1. The summed E-state index contributed by atoms with van der Waals surface area (Å²) in [6.45, 7) is 5.83. The van der Waals surface area contributed by atoms with Gasteiger partial charge in [0.05, 0.1) is 18.2 Å². The first kappa shape index (κ1) is 17.0. The molecule has 0 fully saturated rings. The summed E-state index contributed by atoms with van der Waals surface area (Å²) in [5.41, 5.74) is 0.764. The van der Waals surface area contributed by atoms with Crippen LogP contribution in [-0.4, -0.2) is 40.6 Å². The maximum Gasteiger partial charge on any atom is 0.317 e. The third kappa shape index (κ3) is 5.09. The quantitative estimate of drug-likeness (QED) is 0.800. The Bertz CT molecular complexity index is 498. The lowest BCUT2D eigenvalue weighted by atomic mass is 10.2. The van der Waals surface area contributed by atoms with Gasteiger partial charge in [-0.15, -0.1) is 0 Å². The highest BCUT2D eigenvalue weighted by Gasteiger charge is 2.18. The van der Waals surface area contributed by atoms with Crippen LogP contribution in [0, 0.1) is 12.8 Å².